The summed E-state index contributed by atoms with van der Waals surface area (Å²) in [5, 5.41) is 14.0. The van der Waals surface area contributed by atoms with Gasteiger partial charge in [-0.3, -0.25) is 15.1 Å². The Labute approximate surface area is 113 Å². The van der Waals surface area contributed by atoms with Crippen LogP contribution >= 0.6 is 15.9 Å². The van der Waals surface area contributed by atoms with Gasteiger partial charge in [-0.15, -0.1) is 0 Å². The highest BCUT2D eigenvalue weighted by molar-refractivity contribution is 9.10. The first kappa shape index (κ1) is 13.2. The molecule has 1 aliphatic heterocycles. The summed E-state index contributed by atoms with van der Waals surface area (Å²) in [7, 11) is 0. The largest absolute Gasteiger partial charge is 0.378 e. The molecular formula is C11H14BrN3O3. The molecule has 18 heavy (non-hydrogen) atoms. The third-order valence-corrected chi connectivity index (χ3v) is 3.75. The van der Waals surface area contributed by atoms with Crippen molar-refractivity contribution in [2.45, 2.75) is 19.4 Å². The summed E-state index contributed by atoms with van der Waals surface area (Å²) in [6, 6.07) is 0. The Morgan fingerprint density at radius 1 is 1.67 bits per heavy atom. The van der Waals surface area contributed by atoms with E-state index in [0.717, 1.165) is 13.0 Å². The van der Waals surface area contributed by atoms with E-state index in [9.17, 15) is 10.1 Å². The van der Waals surface area contributed by atoms with E-state index >= 15 is 0 Å². The Kier molecular flexibility index (Phi) is 4.13. The van der Waals surface area contributed by atoms with Crippen LogP contribution in [-0.4, -0.2) is 29.2 Å². The number of nitrogens with one attached hydrogen (secondary N) is 1. The molecule has 0 aromatic carbocycles. The van der Waals surface area contributed by atoms with Crippen molar-refractivity contribution in [1.29, 1.82) is 0 Å². The van der Waals surface area contributed by atoms with E-state index in [0.29, 0.717) is 22.6 Å². The number of rotatable bonds is 4. The molecule has 2 unspecified atom stereocenters. The molecule has 1 aromatic rings. The van der Waals surface area contributed by atoms with Gasteiger partial charge in [0.2, 0.25) is 0 Å². The van der Waals surface area contributed by atoms with Gasteiger partial charge in [-0.05, 0) is 29.3 Å². The molecule has 7 heteroatoms. The van der Waals surface area contributed by atoms with Crippen LogP contribution in [0.2, 0.25) is 0 Å². The molecular weight excluding hydrogens is 302 g/mol. The van der Waals surface area contributed by atoms with Gasteiger partial charge in [-0.2, -0.15) is 0 Å². The predicted octanol–water partition coefficient (Wildman–Crippen LogP) is 2.59. The van der Waals surface area contributed by atoms with Crippen LogP contribution in [0.15, 0.2) is 16.9 Å². The van der Waals surface area contributed by atoms with E-state index in [1.54, 1.807) is 6.20 Å². The zero-order chi connectivity index (χ0) is 13.1. The second-order valence-corrected chi connectivity index (χ2v) is 5.13. The quantitative estimate of drug-likeness (QED) is 0.682. The van der Waals surface area contributed by atoms with E-state index in [1.165, 1.54) is 6.20 Å². The molecule has 0 radical (unpaired) electrons. The van der Waals surface area contributed by atoms with Crippen molar-refractivity contribution in [3.05, 3.63) is 27.0 Å². The van der Waals surface area contributed by atoms with E-state index in [4.69, 9.17) is 4.74 Å². The lowest BCUT2D eigenvalue weighted by atomic mass is 10.0. The minimum absolute atomic E-state index is 0.0176. The van der Waals surface area contributed by atoms with E-state index in [2.05, 4.69) is 26.2 Å². The van der Waals surface area contributed by atoms with Crippen LogP contribution in [0.4, 0.5) is 11.4 Å². The standard InChI is InChI=1S/C11H14BrN3O3/c1-7-8(2-3-18-7)4-14-11-9(12)5-13-6-10(11)15(16)17/h5-8H,2-4H2,1H3,(H,13,14). The minimum atomic E-state index is -0.436. The fraction of sp³-hybridized carbons (Fsp3) is 0.545. The van der Waals surface area contributed by atoms with Crippen molar-refractivity contribution < 1.29 is 9.66 Å². The van der Waals surface area contributed by atoms with Crippen LogP contribution in [-0.2, 0) is 4.74 Å². The van der Waals surface area contributed by atoms with Crippen molar-refractivity contribution in [3.63, 3.8) is 0 Å². The molecule has 0 bridgehead atoms. The third-order valence-electron chi connectivity index (χ3n) is 3.15. The number of nitro groups is 1. The topological polar surface area (TPSA) is 77.3 Å². The van der Waals surface area contributed by atoms with Crippen molar-refractivity contribution in [1.82, 2.24) is 4.98 Å². The number of aromatic nitrogens is 1. The molecule has 98 valence electrons. The summed E-state index contributed by atoms with van der Waals surface area (Å²) < 4.78 is 6.06. The maximum absolute atomic E-state index is 10.9. The first-order valence-electron chi connectivity index (χ1n) is 5.73. The van der Waals surface area contributed by atoms with E-state index in [-0.39, 0.29) is 11.8 Å². The number of hydrogen-bond donors (Lipinski definition) is 1. The summed E-state index contributed by atoms with van der Waals surface area (Å²) >= 11 is 3.28. The Hall–Kier alpha value is -1.21. The Morgan fingerprint density at radius 3 is 3.06 bits per heavy atom. The fourth-order valence-electron chi connectivity index (χ4n) is 2.02. The van der Waals surface area contributed by atoms with Gasteiger partial charge in [0.25, 0.3) is 0 Å². The lowest BCUT2D eigenvalue weighted by Gasteiger charge is -2.16. The van der Waals surface area contributed by atoms with Crippen molar-refractivity contribution in [2.24, 2.45) is 5.92 Å². The summed E-state index contributed by atoms with van der Waals surface area (Å²) in [5.41, 5.74) is 0.463. The maximum Gasteiger partial charge on any atom is 0.311 e. The number of halogens is 1. The molecule has 1 aliphatic rings. The molecule has 2 atom stereocenters. The van der Waals surface area contributed by atoms with Crippen LogP contribution in [0.1, 0.15) is 13.3 Å². The molecule has 2 heterocycles. The summed E-state index contributed by atoms with van der Waals surface area (Å²) in [6.45, 7) is 3.44. The highest BCUT2D eigenvalue weighted by atomic mass is 79.9. The van der Waals surface area contributed by atoms with Crippen LogP contribution < -0.4 is 5.32 Å². The summed E-state index contributed by atoms with van der Waals surface area (Å²) in [4.78, 5) is 14.3. The van der Waals surface area contributed by atoms with E-state index < -0.39 is 4.92 Å². The van der Waals surface area contributed by atoms with E-state index in [1.807, 2.05) is 6.92 Å². The van der Waals surface area contributed by atoms with Crippen LogP contribution in [0.5, 0.6) is 0 Å². The van der Waals surface area contributed by atoms with Crippen LogP contribution in [0.25, 0.3) is 0 Å². The van der Waals surface area contributed by atoms with Gasteiger partial charge in [-0.1, -0.05) is 0 Å². The Morgan fingerprint density at radius 2 is 2.44 bits per heavy atom. The average molecular weight is 316 g/mol. The number of hydrogen-bond acceptors (Lipinski definition) is 5. The summed E-state index contributed by atoms with van der Waals surface area (Å²) in [6.07, 6.45) is 3.97. The van der Waals surface area contributed by atoms with Gasteiger partial charge in [0, 0.05) is 25.3 Å². The molecule has 2 rings (SSSR count). The van der Waals surface area contributed by atoms with Gasteiger partial charge in [-0.25, -0.2) is 0 Å². The van der Waals surface area contributed by atoms with Gasteiger partial charge < -0.3 is 10.1 Å². The molecule has 0 aliphatic carbocycles. The molecule has 1 aromatic heterocycles. The van der Waals surface area contributed by atoms with Crippen LogP contribution in [0.3, 0.4) is 0 Å². The van der Waals surface area contributed by atoms with Crippen molar-refractivity contribution in [2.75, 3.05) is 18.5 Å². The molecule has 1 N–H and O–H groups in total. The first-order chi connectivity index (χ1) is 8.59. The van der Waals surface area contributed by atoms with Crippen molar-refractivity contribution >= 4 is 27.3 Å². The van der Waals surface area contributed by atoms with Gasteiger partial charge in [0.05, 0.1) is 15.5 Å². The lowest BCUT2D eigenvalue weighted by Crippen LogP contribution is -2.21. The third kappa shape index (κ3) is 2.78. The highest BCUT2D eigenvalue weighted by Crippen LogP contribution is 2.32. The van der Waals surface area contributed by atoms with Crippen LogP contribution in [0, 0.1) is 16.0 Å². The molecule has 1 fully saturated rings. The predicted molar refractivity (Wildman–Crippen MR) is 70.6 cm³/mol. The number of anilines is 1. The second kappa shape index (κ2) is 5.62. The van der Waals surface area contributed by atoms with Crippen molar-refractivity contribution in [3.8, 4) is 0 Å². The number of pyridine rings is 1. The SMILES string of the molecule is CC1OCCC1CNc1c(Br)cncc1[N+](=O)[O-]. The molecule has 0 saturated carbocycles. The number of ether oxygens (including phenoxy) is 1. The number of nitrogens with zero attached hydrogens (tertiary/aromatic N) is 2. The Balaban J connectivity index is 2.11. The fourth-order valence-corrected chi connectivity index (χ4v) is 2.48. The maximum atomic E-state index is 10.9. The van der Waals surface area contributed by atoms with Gasteiger partial charge >= 0.3 is 5.69 Å². The first-order valence-corrected chi connectivity index (χ1v) is 6.52. The average Bonchev–Trinajstić information content (AvgIpc) is 2.73. The molecule has 0 spiro atoms. The zero-order valence-electron chi connectivity index (χ0n) is 9.93. The highest BCUT2D eigenvalue weighted by Gasteiger charge is 2.25. The second-order valence-electron chi connectivity index (χ2n) is 4.28. The molecule has 0 amide bonds. The Bertz CT molecular complexity index is 455. The normalized spacial score (nSPS) is 23.0. The summed E-state index contributed by atoms with van der Waals surface area (Å²) in [5.74, 6) is 0.379. The van der Waals surface area contributed by atoms with Gasteiger partial charge in [0.1, 0.15) is 11.9 Å². The molecule has 1 saturated heterocycles. The zero-order valence-corrected chi connectivity index (χ0v) is 11.5. The monoisotopic (exact) mass is 315 g/mol. The lowest BCUT2D eigenvalue weighted by molar-refractivity contribution is -0.384. The smallest absolute Gasteiger partial charge is 0.311 e. The van der Waals surface area contributed by atoms with Gasteiger partial charge in [0.15, 0.2) is 0 Å². The minimum Gasteiger partial charge on any atom is -0.378 e. The molecule has 6 nitrogen and oxygen atoms in total.